The van der Waals surface area contributed by atoms with Crippen molar-refractivity contribution in [3.8, 4) is 22.6 Å². The fraction of sp³-hybridized carbons (Fsp3) is 0.500. The molecule has 14 heteroatoms. The second-order valence-corrected chi connectivity index (χ2v) is 12.5. The number of nitrogens with zero attached hydrogens (tertiary/aromatic N) is 1. The van der Waals surface area contributed by atoms with E-state index in [0.29, 0.717) is 59.6 Å². The Labute approximate surface area is 281 Å². The van der Waals surface area contributed by atoms with Crippen LogP contribution in [0, 0.1) is 0 Å². The van der Waals surface area contributed by atoms with E-state index in [0.717, 1.165) is 0 Å². The molecule has 2 aromatic rings. The zero-order valence-electron chi connectivity index (χ0n) is 28.8. The van der Waals surface area contributed by atoms with E-state index >= 15 is 0 Å². The van der Waals surface area contributed by atoms with Gasteiger partial charge in [0.15, 0.2) is 6.04 Å². The van der Waals surface area contributed by atoms with Gasteiger partial charge in [-0.25, -0.2) is 9.59 Å². The predicted molar refractivity (Wildman–Crippen MR) is 177 cm³/mol. The molecule has 0 radical (unpaired) electrons. The van der Waals surface area contributed by atoms with E-state index in [1.165, 1.54) is 40.2 Å². The Kier molecular flexibility index (Phi) is 12.8. The highest BCUT2D eigenvalue weighted by Crippen LogP contribution is 2.40. The Bertz CT molecular complexity index is 1510. The van der Waals surface area contributed by atoms with Gasteiger partial charge in [-0.05, 0) is 82.3 Å². The number of alkyl carbamates (subject to hydrolysis) is 1. The Morgan fingerprint density at radius 3 is 2.06 bits per heavy atom. The number of benzene rings is 2. The molecule has 5 N–H and O–H groups in total. The Hall–Kier alpha value is -4.85. The first kappa shape index (κ1) is 37.6. The van der Waals surface area contributed by atoms with Gasteiger partial charge in [0.1, 0.15) is 29.2 Å². The lowest BCUT2D eigenvalue weighted by Gasteiger charge is -2.31. The van der Waals surface area contributed by atoms with Crippen LogP contribution in [0.5, 0.6) is 11.5 Å². The summed E-state index contributed by atoms with van der Waals surface area (Å²) in [6.45, 7) is 7.13. The minimum absolute atomic E-state index is 0.291. The molecule has 4 amide bonds. The molecule has 4 bridgehead atoms. The van der Waals surface area contributed by atoms with Crippen molar-refractivity contribution < 1.29 is 42.9 Å². The van der Waals surface area contributed by atoms with E-state index < -0.39 is 59.6 Å². The molecule has 1 heterocycles. The molecule has 0 saturated heterocycles. The minimum Gasteiger partial charge on any atom is -0.496 e. The second kappa shape index (κ2) is 16.3. The molecule has 1 aliphatic rings. The number of carbonyl (C=O) groups is 5. The molecule has 0 unspecified atom stereocenters. The lowest BCUT2D eigenvalue weighted by atomic mass is 9.94. The van der Waals surface area contributed by atoms with Crippen molar-refractivity contribution in [3.63, 3.8) is 0 Å². The first-order valence-electron chi connectivity index (χ1n) is 15.7. The zero-order chi connectivity index (χ0) is 35.8. The van der Waals surface area contributed by atoms with E-state index in [1.807, 2.05) is 0 Å². The normalized spacial score (nSPS) is 18.4. The van der Waals surface area contributed by atoms with Crippen molar-refractivity contribution >= 4 is 29.8 Å². The molecular weight excluding hydrogens is 622 g/mol. The van der Waals surface area contributed by atoms with Crippen molar-refractivity contribution in [2.24, 2.45) is 5.73 Å². The summed E-state index contributed by atoms with van der Waals surface area (Å²) in [4.78, 5) is 66.9. The van der Waals surface area contributed by atoms with Crippen LogP contribution < -0.4 is 31.2 Å². The van der Waals surface area contributed by atoms with Crippen LogP contribution >= 0.6 is 0 Å². The molecule has 0 fully saturated rings. The fourth-order valence-corrected chi connectivity index (χ4v) is 5.30. The number of unbranched alkanes of at least 4 members (excludes halogenated alkanes) is 1. The van der Waals surface area contributed by atoms with Gasteiger partial charge in [-0.3, -0.25) is 14.4 Å². The van der Waals surface area contributed by atoms with Crippen LogP contribution in [-0.2, 0) is 28.7 Å². The number of hydrogen-bond donors (Lipinski definition) is 4. The summed E-state index contributed by atoms with van der Waals surface area (Å²) in [5.41, 5.74) is 7.55. The fourth-order valence-electron chi connectivity index (χ4n) is 5.30. The van der Waals surface area contributed by atoms with E-state index in [1.54, 1.807) is 57.2 Å². The molecule has 262 valence electrons. The Morgan fingerprint density at radius 2 is 1.50 bits per heavy atom. The highest BCUT2D eigenvalue weighted by molar-refractivity contribution is 5.95. The number of rotatable bonds is 10. The summed E-state index contributed by atoms with van der Waals surface area (Å²) in [5, 5.41) is 8.01. The van der Waals surface area contributed by atoms with Crippen LogP contribution in [0.4, 0.5) is 4.79 Å². The van der Waals surface area contributed by atoms with Gasteiger partial charge < -0.3 is 45.5 Å². The largest absolute Gasteiger partial charge is 0.496 e. The van der Waals surface area contributed by atoms with Crippen LogP contribution in [0.25, 0.3) is 11.1 Å². The molecule has 0 aromatic heterocycles. The topological polar surface area (TPSA) is 188 Å². The molecule has 14 nitrogen and oxygen atoms in total. The maximum atomic E-state index is 13.9. The maximum absolute atomic E-state index is 13.9. The van der Waals surface area contributed by atoms with Crippen molar-refractivity contribution in [1.82, 2.24) is 20.9 Å². The summed E-state index contributed by atoms with van der Waals surface area (Å²) in [7, 11) is 5.66. The van der Waals surface area contributed by atoms with Gasteiger partial charge in [0, 0.05) is 24.7 Å². The first-order chi connectivity index (χ1) is 22.6. The number of carbonyl (C=O) groups excluding carboxylic acids is 5. The molecule has 3 rings (SSSR count). The van der Waals surface area contributed by atoms with E-state index in [9.17, 15) is 24.0 Å². The van der Waals surface area contributed by atoms with Gasteiger partial charge >= 0.3 is 12.1 Å². The minimum atomic E-state index is -1.20. The van der Waals surface area contributed by atoms with Crippen LogP contribution in [0.15, 0.2) is 36.4 Å². The molecule has 1 aliphatic heterocycles. The second-order valence-electron chi connectivity index (χ2n) is 12.5. The van der Waals surface area contributed by atoms with E-state index in [2.05, 4.69) is 16.0 Å². The number of nitrogens with two attached hydrogens (primary N) is 1. The third-order valence-corrected chi connectivity index (χ3v) is 7.77. The number of likely N-dealkylation sites (N-methyl/N-ethyl adjacent to an activating group) is 1. The summed E-state index contributed by atoms with van der Waals surface area (Å²) < 4.78 is 21.5. The molecule has 0 saturated carbocycles. The predicted octanol–water partition coefficient (Wildman–Crippen LogP) is 2.74. The summed E-state index contributed by atoms with van der Waals surface area (Å²) in [6, 6.07) is 5.53. The highest BCUT2D eigenvalue weighted by Gasteiger charge is 2.35. The number of methoxy groups -OCH3 is 3. The van der Waals surface area contributed by atoms with Crippen LogP contribution in [-0.4, -0.2) is 87.3 Å². The number of hydrogen-bond acceptors (Lipinski definition) is 10. The first-order valence-corrected chi connectivity index (χ1v) is 15.7. The van der Waals surface area contributed by atoms with Gasteiger partial charge in [-0.15, -0.1) is 0 Å². The van der Waals surface area contributed by atoms with Crippen molar-refractivity contribution in [2.75, 3.05) is 34.9 Å². The van der Waals surface area contributed by atoms with E-state index in [4.69, 9.17) is 24.7 Å². The zero-order valence-corrected chi connectivity index (χ0v) is 28.8. The average molecular weight is 670 g/mol. The molecule has 2 aromatic carbocycles. The third kappa shape index (κ3) is 9.37. The standard InChI is InChI=1S/C34H47N5O9/c1-19-29(40)38-27(32(43)47-8)20-12-14-25(45-6)22(17-20)23-18-21(13-15-26(23)46-7)28(30(41)37-19)39(5)31(42)24(35)11-9-10-16-36-33(44)48-34(2,3)4/h12-15,17-19,24,27-28H,9-11,16,35H2,1-8H3,(H,36,44)(H,37,41)(H,38,40)/t19-,24-,27-,28-/m0/s1. The van der Waals surface area contributed by atoms with Gasteiger partial charge in [0.25, 0.3) is 0 Å². The van der Waals surface area contributed by atoms with Crippen molar-refractivity contribution in [1.29, 1.82) is 0 Å². The monoisotopic (exact) mass is 669 g/mol. The molecular formula is C34H47N5O9. The van der Waals surface area contributed by atoms with Crippen molar-refractivity contribution in [2.45, 2.75) is 76.7 Å². The SMILES string of the molecule is COC(=O)[C@H]1NC(=O)[C@H](C)NC(=O)[C@@H](N(C)C(=O)[C@@H](N)CCCCNC(=O)OC(C)(C)C)c2ccc(OC)c(c2)-c2cc1ccc2OC. The number of amides is 4. The number of nitrogens with one attached hydrogen (secondary N) is 3. The molecule has 48 heavy (non-hydrogen) atoms. The number of fused-ring (bicyclic) bond motifs is 5. The molecule has 0 spiro atoms. The Morgan fingerprint density at radius 1 is 0.917 bits per heavy atom. The Balaban J connectivity index is 1.97. The summed E-state index contributed by atoms with van der Waals surface area (Å²) >= 11 is 0. The van der Waals surface area contributed by atoms with Crippen LogP contribution in [0.2, 0.25) is 0 Å². The smallest absolute Gasteiger partial charge is 0.407 e. The van der Waals surface area contributed by atoms with Gasteiger partial charge in [0.05, 0.1) is 27.4 Å². The highest BCUT2D eigenvalue weighted by atomic mass is 16.6. The quantitative estimate of drug-likeness (QED) is 0.216. The average Bonchev–Trinajstić information content (AvgIpc) is 3.04. The summed E-state index contributed by atoms with van der Waals surface area (Å²) in [6.07, 6.45) is 0.836. The molecule has 4 atom stereocenters. The summed E-state index contributed by atoms with van der Waals surface area (Å²) in [5.74, 6) is -1.65. The molecule has 0 aliphatic carbocycles. The lowest BCUT2D eigenvalue weighted by molar-refractivity contribution is -0.146. The number of esters is 1. The number of ether oxygens (including phenoxy) is 4. The maximum Gasteiger partial charge on any atom is 0.407 e. The van der Waals surface area contributed by atoms with Crippen molar-refractivity contribution in [3.05, 3.63) is 47.5 Å². The lowest BCUT2D eigenvalue weighted by Crippen LogP contribution is -2.52. The van der Waals surface area contributed by atoms with Gasteiger partial charge in [-0.1, -0.05) is 12.1 Å². The van der Waals surface area contributed by atoms with E-state index in [-0.39, 0.29) is 0 Å². The van der Waals surface area contributed by atoms with Crippen LogP contribution in [0.3, 0.4) is 0 Å². The van der Waals surface area contributed by atoms with Crippen LogP contribution in [0.1, 0.15) is 70.2 Å². The van der Waals surface area contributed by atoms with Gasteiger partial charge in [0.2, 0.25) is 17.7 Å². The third-order valence-electron chi connectivity index (χ3n) is 7.77. The van der Waals surface area contributed by atoms with Gasteiger partial charge in [-0.2, -0.15) is 0 Å².